The molecule has 2 aliphatic rings. The lowest BCUT2D eigenvalue weighted by atomic mass is 9.89. The minimum absolute atomic E-state index is 0.00334. The molecular formula is C40H44N4O5. The first-order valence-corrected chi connectivity index (χ1v) is 17.2. The van der Waals surface area contributed by atoms with Crippen LogP contribution in [0, 0.1) is 5.92 Å². The quantitative estimate of drug-likeness (QED) is 0.173. The van der Waals surface area contributed by atoms with Crippen LogP contribution in [-0.4, -0.2) is 51.2 Å². The van der Waals surface area contributed by atoms with E-state index in [9.17, 15) is 14.7 Å². The molecule has 49 heavy (non-hydrogen) atoms. The molecule has 3 N–H and O–H groups in total. The van der Waals surface area contributed by atoms with Crippen molar-refractivity contribution in [2.75, 3.05) is 19.6 Å². The van der Waals surface area contributed by atoms with E-state index in [0.717, 1.165) is 76.9 Å². The van der Waals surface area contributed by atoms with Crippen molar-refractivity contribution < 1.29 is 19.4 Å². The Hall–Kier alpha value is -4.54. The Labute approximate surface area is 286 Å². The number of fused-ring (bicyclic) bond motifs is 1. The zero-order chi connectivity index (χ0) is 33.9. The van der Waals surface area contributed by atoms with Gasteiger partial charge in [0.25, 0.3) is 0 Å². The number of H-pyrrole nitrogens is 1. The summed E-state index contributed by atoms with van der Waals surface area (Å²) in [4.78, 5) is 29.9. The molecule has 0 aliphatic carbocycles. The van der Waals surface area contributed by atoms with E-state index in [2.05, 4.69) is 52.5 Å². The maximum absolute atomic E-state index is 12.9. The second-order valence-corrected chi connectivity index (χ2v) is 13.4. The average molecular weight is 661 g/mol. The molecule has 0 radical (unpaired) electrons. The predicted octanol–water partition coefficient (Wildman–Crippen LogP) is 6.25. The van der Waals surface area contributed by atoms with Crippen LogP contribution in [0.1, 0.15) is 67.4 Å². The maximum atomic E-state index is 12.9. The monoisotopic (exact) mass is 660 g/mol. The van der Waals surface area contributed by atoms with Gasteiger partial charge in [-0.05, 0) is 52.8 Å². The van der Waals surface area contributed by atoms with Gasteiger partial charge in [0.15, 0.2) is 6.29 Å². The van der Waals surface area contributed by atoms with Crippen LogP contribution < -0.4 is 11.0 Å². The number of carbonyl (C=O) groups excluding carboxylic acids is 1. The van der Waals surface area contributed by atoms with Crippen LogP contribution in [0.5, 0.6) is 0 Å². The molecule has 3 heterocycles. The number of para-hydroxylation sites is 2. The standard InChI is InChI=1S/C40H44N4O5/c1-26-37(24-43-21-19-33(20-22-43)44-36-10-6-5-9-35(36)42-40(44)47)48-39(49-38(26)30-13-11-28(25-45)12-14-30)31-17-15-29(16-18-31)34-8-4-3-7-32(34)23-41-27(2)46/h3-18,26,33,37-39,45H,19-25H2,1-2H3,(H,41,46)(H,42,47)/t26-,37+,38+,39+/m0/s1. The summed E-state index contributed by atoms with van der Waals surface area (Å²) in [7, 11) is 0. The number of aromatic amines is 1. The molecule has 254 valence electrons. The fourth-order valence-corrected chi connectivity index (χ4v) is 7.38. The average Bonchev–Trinajstić information content (AvgIpc) is 3.47. The number of rotatable bonds is 9. The summed E-state index contributed by atoms with van der Waals surface area (Å²) < 4.78 is 15.4. The second-order valence-electron chi connectivity index (χ2n) is 13.4. The smallest absolute Gasteiger partial charge is 0.326 e. The molecule has 0 saturated carbocycles. The highest BCUT2D eigenvalue weighted by molar-refractivity contribution is 5.75. The number of nitrogens with one attached hydrogen (secondary N) is 2. The molecule has 2 aliphatic heterocycles. The zero-order valence-corrected chi connectivity index (χ0v) is 28.0. The normalized spacial score (nSPS) is 21.9. The van der Waals surface area contributed by atoms with E-state index < -0.39 is 6.29 Å². The van der Waals surface area contributed by atoms with Gasteiger partial charge in [0.1, 0.15) is 0 Å². The number of benzene rings is 4. The molecule has 4 atom stereocenters. The number of carbonyl (C=O) groups is 1. The van der Waals surface area contributed by atoms with Crippen molar-refractivity contribution in [1.29, 1.82) is 0 Å². The SMILES string of the molecule is CC(=O)NCc1ccccc1-c1ccc([C@@H]2O[C@H](CN3CCC(n4c(=O)[nH]c5ccccc54)CC3)[C@H](C)[C@H](c3ccc(CO)cc3)O2)cc1. The Bertz CT molecular complexity index is 1940. The third-order valence-corrected chi connectivity index (χ3v) is 10.1. The predicted molar refractivity (Wildman–Crippen MR) is 190 cm³/mol. The van der Waals surface area contributed by atoms with Gasteiger partial charge in [-0.1, -0.05) is 91.9 Å². The molecule has 2 saturated heterocycles. The summed E-state index contributed by atoms with van der Waals surface area (Å²) in [6.07, 6.45) is 0.928. The van der Waals surface area contributed by atoms with E-state index in [0.29, 0.717) is 6.54 Å². The Kier molecular flexibility index (Phi) is 9.77. The lowest BCUT2D eigenvalue weighted by molar-refractivity contribution is -0.276. The van der Waals surface area contributed by atoms with E-state index in [4.69, 9.17) is 9.47 Å². The van der Waals surface area contributed by atoms with E-state index in [1.807, 2.05) is 71.3 Å². The maximum Gasteiger partial charge on any atom is 0.326 e. The van der Waals surface area contributed by atoms with Gasteiger partial charge in [0.05, 0.1) is 29.8 Å². The number of hydrogen-bond acceptors (Lipinski definition) is 6. The van der Waals surface area contributed by atoms with Gasteiger partial charge in [0, 0.05) is 50.6 Å². The first kappa shape index (κ1) is 33.0. The van der Waals surface area contributed by atoms with Crippen LogP contribution in [0.15, 0.2) is 102 Å². The molecule has 9 nitrogen and oxygen atoms in total. The molecule has 2 fully saturated rings. The highest BCUT2D eigenvalue weighted by atomic mass is 16.7. The lowest BCUT2D eigenvalue weighted by Gasteiger charge is -2.44. The van der Waals surface area contributed by atoms with Crippen molar-refractivity contribution in [2.24, 2.45) is 5.92 Å². The van der Waals surface area contributed by atoms with E-state index in [1.165, 1.54) is 6.92 Å². The van der Waals surface area contributed by atoms with Crippen molar-refractivity contribution in [3.05, 3.63) is 130 Å². The fourth-order valence-electron chi connectivity index (χ4n) is 7.38. The minimum Gasteiger partial charge on any atom is -0.392 e. The molecule has 1 amide bonds. The third kappa shape index (κ3) is 7.12. The van der Waals surface area contributed by atoms with Gasteiger partial charge < -0.3 is 29.8 Å². The number of amides is 1. The first-order chi connectivity index (χ1) is 23.9. The van der Waals surface area contributed by atoms with E-state index >= 15 is 0 Å². The Morgan fingerprint density at radius 1 is 0.898 bits per heavy atom. The molecule has 0 spiro atoms. The molecule has 5 aromatic rings. The molecule has 0 unspecified atom stereocenters. The Morgan fingerprint density at radius 2 is 1.59 bits per heavy atom. The molecule has 4 aromatic carbocycles. The van der Waals surface area contributed by atoms with Crippen LogP contribution in [0.4, 0.5) is 0 Å². The van der Waals surface area contributed by atoms with Gasteiger partial charge >= 0.3 is 5.69 Å². The Balaban J connectivity index is 1.10. The van der Waals surface area contributed by atoms with Gasteiger partial charge in [-0.2, -0.15) is 0 Å². The lowest BCUT2D eigenvalue weighted by Crippen LogP contribution is -2.47. The minimum atomic E-state index is -0.560. The number of aromatic nitrogens is 2. The van der Waals surface area contributed by atoms with Crippen molar-refractivity contribution in [3.63, 3.8) is 0 Å². The number of piperidine rings is 1. The van der Waals surface area contributed by atoms with Crippen molar-refractivity contribution in [1.82, 2.24) is 19.8 Å². The summed E-state index contributed by atoms with van der Waals surface area (Å²) in [5.74, 6) is 0.0142. The van der Waals surface area contributed by atoms with Gasteiger partial charge in [-0.25, -0.2) is 4.79 Å². The van der Waals surface area contributed by atoms with Gasteiger partial charge in [0.2, 0.25) is 5.91 Å². The zero-order valence-electron chi connectivity index (χ0n) is 28.0. The number of ether oxygens (including phenoxy) is 2. The van der Waals surface area contributed by atoms with Crippen molar-refractivity contribution in [2.45, 2.75) is 64.4 Å². The fraction of sp³-hybridized carbons (Fsp3) is 0.350. The molecule has 1 aromatic heterocycles. The molecule has 9 heteroatoms. The van der Waals surface area contributed by atoms with Crippen LogP contribution in [0.3, 0.4) is 0 Å². The van der Waals surface area contributed by atoms with Gasteiger partial charge in [-0.3, -0.25) is 9.36 Å². The number of nitrogens with zero attached hydrogens (tertiary/aromatic N) is 2. The van der Waals surface area contributed by atoms with Crippen molar-refractivity contribution >= 4 is 16.9 Å². The van der Waals surface area contributed by atoms with Crippen molar-refractivity contribution in [3.8, 4) is 11.1 Å². The van der Waals surface area contributed by atoms with Crippen LogP contribution in [0.25, 0.3) is 22.2 Å². The number of hydrogen-bond donors (Lipinski definition) is 3. The molecule has 7 rings (SSSR count). The summed E-state index contributed by atoms with van der Waals surface area (Å²) in [6, 6.07) is 32.5. The number of aliphatic hydroxyl groups excluding tert-OH is 1. The second kappa shape index (κ2) is 14.5. The van der Waals surface area contributed by atoms with Crippen LogP contribution in [0.2, 0.25) is 0 Å². The van der Waals surface area contributed by atoms with Crippen LogP contribution in [-0.2, 0) is 27.4 Å². The first-order valence-electron chi connectivity index (χ1n) is 17.2. The summed E-state index contributed by atoms with van der Waals surface area (Å²) in [6.45, 7) is 6.69. The topological polar surface area (TPSA) is 109 Å². The van der Waals surface area contributed by atoms with E-state index in [1.54, 1.807) is 0 Å². The molecule has 0 bridgehead atoms. The largest absolute Gasteiger partial charge is 0.392 e. The highest BCUT2D eigenvalue weighted by Gasteiger charge is 2.39. The molecular weight excluding hydrogens is 616 g/mol. The highest BCUT2D eigenvalue weighted by Crippen LogP contribution is 2.42. The number of likely N-dealkylation sites (tertiary alicyclic amines) is 1. The number of imidazole rings is 1. The Morgan fingerprint density at radius 3 is 2.33 bits per heavy atom. The summed E-state index contributed by atoms with van der Waals surface area (Å²) in [5, 5.41) is 12.5. The number of aliphatic hydroxyl groups is 1. The summed E-state index contributed by atoms with van der Waals surface area (Å²) >= 11 is 0. The van der Waals surface area contributed by atoms with Crippen LogP contribution >= 0.6 is 0 Å². The summed E-state index contributed by atoms with van der Waals surface area (Å²) in [5.41, 5.74) is 7.84. The van der Waals surface area contributed by atoms with Gasteiger partial charge in [-0.15, -0.1) is 0 Å². The van der Waals surface area contributed by atoms with E-state index in [-0.39, 0.29) is 42.4 Å². The third-order valence-electron chi connectivity index (χ3n) is 10.1.